The molecule has 0 unspecified atom stereocenters. The summed E-state index contributed by atoms with van der Waals surface area (Å²) >= 11 is 0. The first-order valence-electron chi connectivity index (χ1n) is 5.59. The molecular weight excluding hydrogens is 247 g/mol. The molecule has 2 rings (SSSR count). The third kappa shape index (κ3) is 2.48. The van der Waals surface area contributed by atoms with E-state index in [1.807, 2.05) is 0 Å². The Kier molecular flexibility index (Phi) is 3.56. The summed E-state index contributed by atoms with van der Waals surface area (Å²) in [6, 6.07) is 0.579. The van der Waals surface area contributed by atoms with E-state index in [4.69, 9.17) is 5.11 Å². The van der Waals surface area contributed by atoms with Gasteiger partial charge in [0.2, 0.25) is 0 Å². The first-order chi connectivity index (χ1) is 8.49. The zero-order valence-corrected chi connectivity index (χ0v) is 9.50. The second-order valence-electron chi connectivity index (χ2n) is 4.32. The number of rotatable bonds is 3. The van der Waals surface area contributed by atoms with E-state index in [0.29, 0.717) is 25.5 Å². The van der Waals surface area contributed by atoms with Gasteiger partial charge in [0.15, 0.2) is 11.6 Å². The Morgan fingerprint density at radius 2 is 1.94 bits per heavy atom. The fourth-order valence-corrected chi connectivity index (χ4v) is 2.20. The lowest BCUT2D eigenvalue weighted by Gasteiger charge is -2.21. The van der Waals surface area contributed by atoms with Gasteiger partial charge in [-0.25, -0.2) is 13.2 Å². The van der Waals surface area contributed by atoms with Crippen molar-refractivity contribution in [3.05, 3.63) is 35.1 Å². The largest absolute Gasteiger partial charge is 0.480 e. The van der Waals surface area contributed by atoms with E-state index in [-0.39, 0.29) is 12.1 Å². The molecule has 0 aliphatic carbocycles. The molecule has 1 aliphatic rings. The number of carboxylic acid groups (broad SMARTS) is 1. The maximum absolute atomic E-state index is 13.4. The summed E-state index contributed by atoms with van der Waals surface area (Å²) in [6.07, 6.45) is 1.18. The van der Waals surface area contributed by atoms with Crippen LogP contribution in [0, 0.1) is 17.5 Å². The smallest absolute Gasteiger partial charge is 0.320 e. The van der Waals surface area contributed by atoms with Crippen molar-refractivity contribution in [2.75, 3.05) is 6.54 Å². The van der Waals surface area contributed by atoms with Gasteiger partial charge in [-0.1, -0.05) is 0 Å². The van der Waals surface area contributed by atoms with Crippen LogP contribution in [0.5, 0.6) is 0 Å². The molecule has 1 N–H and O–H groups in total. The Labute approximate surface area is 102 Å². The highest BCUT2D eigenvalue weighted by atomic mass is 19.2. The Bertz CT molecular complexity index is 479. The minimum atomic E-state index is -1.24. The van der Waals surface area contributed by atoms with Gasteiger partial charge in [0.1, 0.15) is 11.9 Å². The summed E-state index contributed by atoms with van der Waals surface area (Å²) < 4.78 is 39.2. The molecule has 1 aliphatic heterocycles. The summed E-state index contributed by atoms with van der Waals surface area (Å²) in [5.41, 5.74) is -0.0259. The molecule has 1 aromatic rings. The predicted molar refractivity (Wildman–Crippen MR) is 57.4 cm³/mol. The van der Waals surface area contributed by atoms with Gasteiger partial charge in [0, 0.05) is 18.2 Å². The number of carbonyl (C=O) groups is 1. The topological polar surface area (TPSA) is 40.5 Å². The van der Waals surface area contributed by atoms with Crippen molar-refractivity contribution in [2.24, 2.45) is 0 Å². The second kappa shape index (κ2) is 4.97. The highest BCUT2D eigenvalue weighted by Crippen LogP contribution is 2.22. The molecule has 0 spiro atoms. The average molecular weight is 259 g/mol. The van der Waals surface area contributed by atoms with Crippen LogP contribution in [0.3, 0.4) is 0 Å². The van der Waals surface area contributed by atoms with E-state index in [1.165, 1.54) is 0 Å². The number of halogens is 3. The third-order valence-corrected chi connectivity index (χ3v) is 3.11. The van der Waals surface area contributed by atoms with Gasteiger partial charge in [-0.05, 0) is 25.5 Å². The van der Waals surface area contributed by atoms with Crippen molar-refractivity contribution < 1.29 is 23.1 Å². The molecule has 0 saturated carbocycles. The average Bonchev–Trinajstić information content (AvgIpc) is 2.74. The van der Waals surface area contributed by atoms with Gasteiger partial charge in [-0.3, -0.25) is 9.69 Å². The monoisotopic (exact) mass is 259 g/mol. The van der Waals surface area contributed by atoms with Crippen LogP contribution in [0.25, 0.3) is 0 Å². The Morgan fingerprint density at radius 1 is 1.28 bits per heavy atom. The number of nitrogens with zero attached hydrogens (tertiary/aromatic N) is 1. The molecule has 1 saturated heterocycles. The highest BCUT2D eigenvalue weighted by molar-refractivity contribution is 5.73. The van der Waals surface area contributed by atoms with Gasteiger partial charge < -0.3 is 5.11 Å². The van der Waals surface area contributed by atoms with E-state index < -0.39 is 29.5 Å². The Balaban J connectivity index is 2.19. The van der Waals surface area contributed by atoms with Gasteiger partial charge >= 0.3 is 5.97 Å². The van der Waals surface area contributed by atoms with Crippen LogP contribution in [0.15, 0.2) is 12.1 Å². The molecule has 3 nitrogen and oxygen atoms in total. The third-order valence-electron chi connectivity index (χ3n) is 3.11. The molecule has 0 amide bonds. The van der Waals surface area contributed by atoms with Crippen LogP contribution in [0.4, 0.5) is 13.2 Å². The van der Waals surface area contributed by atoms with Crippen LogP contribution in [0.2, 0.25) is 0 Å². The summed E-state index contributed by atoms with van der Waals surface area (Å²) in [7, 11) is 0. The minimum absolute atomic E-state index is 0.0259. The van der Waals surface area contributed by atoms with Crippen LogP contribution in [0.1, 0.15) is 18.4 Å². The summed E-state index contributed by atoms with van der Waals surface area (Å²) in [4.78, 5) is 12.5. The lowest BCUT2D eigenvalue weighted by Crippen LogP contribution is -2.35. The first-order valence-corrected chi connectivity index (χ1v) is 5.59. The van der Waals surface area contributed by atoms with Crippen molar-refractivity contribution >= 4 is 5.97 Å². The highest BCUT2D eigenvalue weighted by Gasteiger charge is 2.31. The number of likely N-dealkylation sites (tertiary alicyclic amines) is 1. The van der Waals surface area contributed by atoms with Gasteiger partial charge in [0.05, 0.1) is 0 Å². The fraction of sp³-hybridized carbons (Fsp3) is 0.417. The second-order valence-corrected chi connectivity index (χ2v) is 4.32. The lowest BCUT2D eigenvalue weighted by molar-refractivity contribution is -0.142. The van der Waals surface area contributed by atoms with Gasteiger partial charge in [-0.2, -0.15) is 0 Å². The molecule has 1 heterocycles. The van der Waals surface area contributed by atoms with Crippen LogP contribution >= 0.6 is 0 Å². The standard InChI is InChI=1S/C12H12F3NO2/c13-8-5-10(15)9(14)4-7(8)6-16-3-1-2-11(16)12(17)18/h4-5,11H,1-3,6H2,(H,17,18)/t11-/m0/s1. The quantitative estimate of drug-likeness (QED) is 0.845. The van der Waals surface area contributed by atoms with Crippen molar-refractivity contribution in [1.82, 2.24) is 4.90 Å². The van der Waals surface area contributed by atoms with E-state index in [1.54, 1.807) is 4.90 Å². The summed E-state index contributed by atoms with van der Waals surface area (Å²) in [6.45, 7) is 0.482. The van der Waals surface area contributed by atoms with E-state index in [0.717, 1.165) is 6.07 Å². The summed E-state index contributed by atoms with van der Waals surface area (Å²) in [5.74, 6) is -4.20. The molecule has 0 radical (unpaired) electrons. The SMILES string of the molecule is O=C(O)[C@@H]1CCCN1Cc1cc(F)c(F)cc1F. The van der Waals surface area contributed by atoms with E-state index >= 15 is 0 Å². The summed E-state index contributed by atoms with van der Waals surface area (Å²) in [5, 5.41) is 8.96. The van der Waals surface area contributed by atoms with Crippen molar-refractivity contribution in [1.29, 1.82) is 0 Å². The van der Waals surface area contributed by atoms with Crippen molar-refractivity contribution in [2.45, 2.75) is 25.4 Å². The maximum atomic E-state index is 13.4. The first kappa shape index (κ1) is 12.9. The molecule has 18 heavy (non-hydrogen) atoms. The van der Waals surface area contributed by atoms with Crippen LogP contribution in [-0.4, -0.2) is 28.6 Å². The molecule has 1 atom stereocenters. The van der Waals surface area contributed by atoms with Crippen LogP contribution in [-0.2, 0) is 11.3 Å². The van der Waals surface area contributed by atoms with Gasteiger partial charge in [-0.15, -0.1) is 0 Å². The number of aliphatic carboxylic acids is 1. The lowest BCUT2D eigenvalue weighted by atomic mass is 10.1. The molecule has 0 bridgehead atoms. The number of hydrogen-bond acceptors (Lipinski definition) is 2. The normalized spacial score (nSPS) is 20.3. The number of benzene rings is 1. The zero-order chi connectivity index (χ0) is 13.3. The Hall–Kier alpha value is -1.56. The molecule has 1 fully saturated rings. The van der Waals surface area contributed by atoms with Crippen LogP contribution < -0.4 is 0 Å². The minimum Gasteiger partial charge on any atom is -0.480 e. The van der Waals surface area contributed by atoms with E-state index in [2.05, 4.69) is 0 Å². The molecule has 98 valence electrons. The molecule has 0 aromatic heterocycles. The van der Waals surface area contributed by atoms with Crippen molar-refractivity contribution in [3.8, 4) is 0 Å². The molecular formula is C12H12F3NO2. The van der Waals surface area contributed by atoms with Gasteiger partial charge in [0.25, 0.3) is 0 Å². The molecule has 1 aromatic carbocycles. The zero-order valence-electron chi connectivity index (χ0n) is 9.50. The maximum Gasteiger partial charge on any atom is 0.320 e. The number of hydrogen-bond donors (Lipinski definition) is 1. The molecule has 6 heteroatoms. The predicted octanol–water partition coefficient (Wildman–Crippen LogP) is 2.15. The number of carboxylic acids is 1. The fourth-order valence-electron chi connectivity index (χ4n) is 2.20. The van der Waals surface area contributed by atoms with E-state index in [9.17, 15) is 18.0 Å². The van der Waals surface area contributed by atoms with Crippen molar-refractivity contribution in [3.63, 3.8) is 0 Å². The Morgan fingerprint density at radius 3 is 2.61 bits per heavy atom.